The van der Waals surface area contributed by atoms with Crippen LogP contribution >= 0.6 is 11.3 Å². The van der Waals surface area contributed by atoms with Crippen LogP contribution in [0.5, 0.6) is 11.5 Å². The van der Waals surface area contributed by atoms with E-state index in [0.717, 1.165) is 29.5 Å². The molecule has 0 bridgehead atoms. The number of aryl methyl sites for hydroxylation is 1. The number of methoxy groups -OCH3 is 3. The molecule has 1 heterocycles. The Labute approximate surface area is 184 Å². The predicted molar refractivity (Wildman–Crippen MR) is 120 cm³/mol. The second-order valence-corrected chi connectivity index (χ2v) is 7.98. The zero-order valence-corrected chi connectivity index (χ0v) is 19.0. The van der Waals surface area contributed by atoms with Gasteiger partial charge in [0.25, 0.3) is 5.91 Å². The maximum atomic E-state index is 12.9. The number of carbonyl (C=O) groups is 2. The van der Waals surface area contributed by atoms with Crippen molar-refractivity contribution in [2.75, 3.05) is 21.3 Å². The topological polar surface area (TPSA) is 79.1 Å². The predicted octanol–water partition coefficient (Wildman–Crippen LogP) is 3.98. The molecule has 0 atom stereocenters. The number of ether oxygens (including phenoxy) is 3. The Bertz CT molecular complexity index is 1140. The number of hydrogen-bond donors (Lipinski definition) is 0. The number of carbonyl (C=O) groups excluding carboxylic acids is 2. The van der Waals surface area contributed by atoms with E-state index >= 15 is 0 Å². The number of benzene rings is 2. The number of nitrogens with zero attached hydrogens (tertiary/aromatic N) is 2. The molecule has 0 saturated carbocycles. The molecular formula is C23H26N2O5S. The summed E-state index contributed by atoms with van der Waals surface area (Å²) in [6.07, 6.45) is 3.20. The van der Waals surface area contributed by atoms with E-state index in [4.69, 9.17) is 14.2 Å². The molecule has 3 aromatic rings. The number of esters is 1. The van der Waals surface area contributed by atoms with Crippen molar-refractivity contribution in [1.82, 2.24) is 4.57 Å². The van der Waals surface area contributed by atoms with E-state index in [9.17, 15) is 9.59 Å². The van der Waals surface area contributed by atoms with Crippen molar-refractivity contribution in [3.63, 3.8) is 0 Å². The van der Waals surface area contributed by atoms with Gasteiger partial charge in [0, 0.05) is 11.6 Å². The van der Waals surface area contributed by atoms with Crippen LogP contribution in [0.25, 0.3) is 10.2 Å². The molecule has 1 aromatic heterocycles. The fourth-order valence-electron chi connectivity index (χ4n) is 3.17. The normalized spacial score (nSPS) is 11.5. The van der Waals surface area contributed by atoms with E-state index in [-0.39, 0.29) is 6.54 Å². The van der Waals surface area contributed by atoms with Gasteiger partial charge in [-0.1, -0.05) is 30.7 Å². The molecule has 0 fully saturated rings. The third kappa shape index (κ3) is 5.32. The highest BCUT2D eigenvalue weighted by Gasteiger charge is 2.14. The number of rotatable bonds is 8. The van der Waals surface area contributed by atoms with Gasteiger partial charge in [-0.3, -0.25) is 9.59 Å². The molecule has 0 aliphatic heterocycles. The number of thiazole rings is 1. The Kier molecular flexibility index (Phi) is 7.46. The molecule has 7 nitrogen and oxygen atoms in total. The first-order valence-corrected chi connectivity index (χ1v) is 10.8. The maximum Gasteiger partial charge on any atom is 0.325 e. The van der Waals surface area contributed by atoms with Gasteiger partial charge in [-0.15, -0.1) is 0 Å². The highest BCUT2D eigenvalue weighted by Crippen LogP contribution is 2.24. The van der Waals surface area contributed by atoms with Crippen molar-refractivity contribution in [3.05, 3.63) is 52.3 Å². The Morgan fingerprint density at radius 2 is 1.74 bits per heavy atom. The van der Waals surface area contributed by atoms with Crippen LogP contribution < -0.4 is 14.3 Å². The molecule has 0 radical (unpaired) electrons. The first-order chi connectivity index (χ1) is 15.0. The Balaban J connectivity index is 2.10. The third-order valence-corrected chi connectivity index (χ3v) is 5.92. The summed E-state index contributed by atoms with van der Waals surface area (Å²) in [5, 5.41) is 0. The largest absolute Gasteiger partial charge is 0.497 e. The number of fused-ring (bicyclic) bond motifs is 1. The van der Waals surface area contributed by atoms with Crippen molar-refractivity contribution >= 4 is 33.4 Å². The summed E-state index contributed by atoms with van der Waals surface area (Å²) in [4.78, 5) is 29.7. The average Bonchev–Trinajstić information content (AvgIpc) is 3.12. The van der Waals surface area contributed by atoms with Crippen LogP contribution in [0.15, 0.2) is 41.4 Å². The minimum absolute atomic E-state index is 0.0294. The summed E-state index contributed by atoms with van der Waals surface area (Å²) >= 11 is 1.37. The summed E-state index contributed by atoms with van der Waals surface area (Å²) in [6.45, 7) is 2.13. The van der Waals surface area contributed by atoms with Gasteiger partial charge in [0.05, 0.1) is 31.5 Å². The zero-order chi connectivity index (χ0) is 22.4. The fourth-order valence-corrected chi connectivity index (χ4v) is 4.26. The van der Waals surface area contributed by atoms with E-state index in [0.29, 0.717) is 21.9 Å². The lowest BCUT2D eigenvalue weighted by Crippen LogP contribution is -2.22. The Hall–Kier alpha value is -3.13. The van der Waals surface area contributed by atoms with E-state index in [2.05, 4.69) is 24.0 Å². The molecule has 0 aliphatic rings. The molecule has 0 unspecified atom stereocenters. The standard InChI is InChI=1S/C23H26N2O5S/c1-5-6-7-15-8-9-19-20(10-15)31-23(25(19)14-21(26)30-4)24-22(27)16-11-17(28-2)13-18(12-16)29-3/h8-13H,5-7,14H2,1-4H3. The number of aromatic nitrogens is 1. The number of unbranched alkanes of at least 4 members (excludes halogenated alkanes) is 1. The third-order valence-electron chi connectivity index (χ3n) is 4.88. The molecule has 3 rings (SSSR count). The summed E-state index contributed by atoms with van der Waals surface area (Å²) in [6, 6.07) is 11.0. The monoisotopic (exact) mass is 442 g/mol. The van der Waals surface area contributed by atoms with E-state index in [1.165, 1.54) is 38.2 Å². The molecule has 0 aliphatic carbocycles. The Morgan fingerprint density at radius 3 is 2.35 bits per heavy atom. The summed E-state index contributed by atoms with van der Waals surface area (Å²) in [7, 11) is 4.38. The van der Waals surface area contributed by atoms with Crippen molar-refractivity contribution in [2.24, 2.45) is 4.99 Å². The van der Waals surface area contributed by atoms with Crippen LogP contribution in [-0.4, -0.2) is 37.8 Å². The number of amides is 1. The van der Waals surface area contributed by atoms with Gasteiger partial charge in [-0.05, 0) is 42.7 Å². The highest BCUT2D eigenvalue weighted by molar-refractivity contribution is 7.16. The van der Waals surface area contributed by atoms with Crippen LogP contribution in [0.2, 0.25) is 0 Å². The van der Waals surface area contributed by atoms with Crippen LogP contribution in [0.1, 0.15) is 35.7 Å². The SMILES string of the molecule is CCCCc1ccc2c(c1)sc(=NC(=O)c1cc(OC)cc(OC)c1)n2CC(=O)OC. The molecule has 164 valence electrons. The quantitative estimate of drug-likeness (QED) is 0.493. The van der Waals surface area contributed by atoms with Gasteiger partial charge in [0.2, 0.25) is 0 Å². The lowest BCUT2D eigenvalue weighted by Gasteiger charge is -2.06. The minimum atomic E-state index is -0.450. The molecule has 0 saturated heterocycles. The summed E-state index contributed by atoms with van der Waals surface area (Å²) in [5.74, 6) is 0.134. The summed E-state index contributed by atoms with van der Waals surface area (Å²) < 4.78 is 18.0. The maximum absolute atomic E-state index is 12.9. The zero-order valence-electron chi connectivity index (χ0n) is 18.1. The molecule has 0 N–H and O–H groups in total. The average molecular weight is 443 g/mol. The second-order valence-electron chi connectivity index (χ2n) is 6.97. The van der Waals surface area contributed by atoms with Gasteiger partial charge in [0.15, 0.2) is 4.80 Å². The molecule has 0 spiro atoms. The lowest BCUT2D eigenvalue weighted by molar-refractivity contribution is -0.141. The van der Waals surface area contributed by atoms with Crippen molar-refractivity contribution in [3.8, 4) is 11.5 Å². The van der Waals surface area contributed by atoms with Gasteiger partial charge >= 0.3 is 5.97 Å². The van der Waals surface area contributed by atoms with Gasteiger partial charge in [0.1, 0.15) is 18.0 Å². The molecule has 31 heavy (non-hydrogen) atoms. The first-order valence-electron chi connectivity index (χ1n) is 10.00. The van der Waals surface area contributed by atoms with Crippen molar-refractivity contribution < 1.29 is 23.8 Å². The molecule has 2 aromatic carbocycles. The summed E-state index contributed by atoms with van der Waals surface area (Å²) in [5.41, 5.74) is 2.39. The van der Waals surface area contributed by atoms with E-state index in [1.54, 1.807) is 22.8 Å². The van der Waals surface area contributed by atoms with Crippen LogP contribution in [0.4, 0.5) is 0 Å². The highest BCUT2D eigenvalue weighted by atomic mass is 32.1. The van der Waals surface area contributed by atoms with Gasteiger partial charge in [-0.2, -0.15) is 4.99 Å². The first kappa shape index (κ1) is 22.6. The van der Waals surface area contributed by atoms with E-state index in [1.807, 2.05) is 6.07 Å². The van der Waals surface area contributed by atoms with Crippen LogP contribution in [0.3, 0.4) is 0 Å². The minimum Gasteiger partial charge on any atom is -0.497 e. The molecule has 1 amide bonds. The van der Waals surface area contributed by atoms with Crippen molar-refractivity contribution in [2.45, 2.75) is 32.7 Å². The van der Waals surface area contributed by atoms with Crippen LogP contribution in [-0.2, 0) is 22.5 Å². The second kappa shape index (κ2) is 10.3. The number of hydrogen-bond acceptors (Lipinski definition) is 6. The lowest BCUT2D eigenvalue weighted by atomic mass is 10.1. The smallest absolute Gasteiger partial charge is 0.325 e. The fraction of sp³-hybridized carbons (Fsp3) is 0.348. The molecular weight excluding hydrogens is 416 g/mol. The van der Waals surface area contributed by atoms with E-state index < -0.39 is 11.9 Å². The van der Waals surface area contributed by atoms with Crippen molar-refractivity contribution in [1.29, 1.82) is 0 Å². The van der Waals surface area contributed by atoms with Crippen LogP contribution in [0, 0.1) is 0 Å². The Morgan fingerprint density at radius 1 is 1.03 bits per heavy atom. The van der Waals surface area contributed by atoms with Gasteiger partial charge in [-0.25, -0.2) is 0 Å². The van der Waals surface area contributed by atoms with Gasteiger partial charge < -0.3 is 18.8 Å². The molecule has 8 heteroatoms.